The molecular weight excluding hydrogens is 212 g/mol. The number of hydrogen-bond acceptors (Lipinski definition) is 2. The molecule has 1 fully saturated rings. The highest BCUT2D eigenvalue weighted by Crippen LogP contribution is 2.15. The van der Waals surface area contributed by atoms with Crippen LogP contribution in [-0.4, -0.2) is 29.9 Å². The maximum absolute atomic E-state index is 11.9. The van der Waals surface area contributed by atoms with Crippen molar-refractivity contribution < 1.29 is 4.79 Å². The Balaban J connectivity index is 1.73. The van der Waals surface area contributed by atoms with Gasteiger partial charge in [-0.1, -0.05) is 30.3 Å². The highest BCUT2D eigenvalue weighted by molar-refractivity contribution is 5.78. The minimum Gasteiger partial charge on any atom is -0.339 e. The third kappa shape index (κ3) is 3.30. The highest BCUT2D eigenvalue weighted by Gasteiger charge is 2.24. The van der Waals surface area contributed by atoms with Crippen LogP contribution in [-0.2, 0) is 11.3 Å². The van der Waals surface area contributed by atoms with E-state index in [9.17, 15) is 4.79 Å². The van der Waals surface area contributed by atoms with Crippen LogP contribution in [0.25, 0.3) is 0 Å². The first-order valence-electron chi connectivity index (χ1n) is 6.31. The number of hydrogen-bond donors (Lipinski definition) is 1. The second-order valence-electron chi connectivity index (χ2n) is 4.67. The molecule has 1 atom stereocenters. The summed E-state index contributed by atoms with van der Waals surface area (Å²) in [4.78, 5) is 13.9. The number of nitrogens with zero attached hydrogens (tertiary/aromatic N) is 1. The van der Waals surface area contributed by atoms with E-state index in [-0.39, 0.29) is 5.91 Å². The fourth-order valence-electron chi connectivity index (χ4n) is 2.31. The normalized spacial score (nSPS) is 19.6. The van der Waals surface area contributed by atoms with Crippen molar-refractivity contribution in [1.82, 2.24) is 10.2 Å². The van der Waals surface area contributed by atoms with Crippen LogP contribution >= 0.6 is 0 Å². The Labute approximate surface area is 103 Å². The van der Waals surface area contributed by atoms with Gasteiger partial charge in [0.2, 0.25) is 5.91 Å². The van der Waals surface area contributed by atoms with E-state index in [1.54, 1.807) is 0 Å². The maximum atomic E-state index is 11.9. The molecule has 0 aromatic heterocycles. The molecule has 0 unspecified atom stereocenters. The van der Waals surface area contributed by atoms with Crippen LogP contribution in [0.4, 0.5) is 0 Å². The Bertz CT molecular complexity index is 364. The van der Waals surface area contributed by atoms with E-state index in [0.717, 1.165) is 25.9 Å². The molecule has 0 bridgehead atoms. The SMILES string of the molecule is C[C@@H]1CCCN1C(=O)CNCc1ccccc1. The molecule has 0 spiro atoms. The van der Waals surface area contributed by atoms with Gasteiger partial charge in [-0.2, -0.15) is 0 Å². The summed E-state index contributed by atoms with van der Waals surface area (Å²) in [5.41, 5.74) is 1.22. The maximum Gasteiger partial charge on any atom is 0.236 e. The first-order valence-corrected chi connectivity index (χ1v) is 6.31. The first kappa shape index (κ1) is 12.1. The van der Waals surface area contributed by atoms with Crippen molar-refractivity contribution in [3.8, 4) is 0 Å². The average Bonchev–Trinajstić information content (AvgIpc) is 2.77. The van der Waals surface area contributed by atoms with E-state index in [4.69, 9.17) is 0 Å². The Hall–Kier alpha value is -1.35. The zero-order chi connectivity index (χ0) is 12.1. The minimum atomic E-state index is 0.228. The van der Waals surface area contributed by atoms with E-state index >= 15 is 0 Å². The van der Waals surface area contributed by atoms with Gasteiger partial charge in [-0.05, 0) is 25.3 Å². The van der Waals surface area contributed by atoms with Crippen LogP contribution in [0, 0.1) is 0 Å². The average molecular weight is 232 g/mol. The summed E-state index contributed by atoms with van der Waals surface area (Å²) >= 11 is 0. The summed E-state index contributed by atoms with van der Waals surface area (Å²) in [6.45, 7) is 4.25. The van der Waals surface area contributed by atoms with Crippen molar-refractivity contribution in [1.29, 1.82) is 0 Å². The van der Waals surface area contributed by atoms with Crippen molar-refractivity contribution >= 4 is 5.91 Å². The molecule has 1 aliphatic heterocycles. The van der Waals surface area contributed by atoms with Crippen LogP contribution in [0.5, 0.6) is 0 Å². The number of rotatable bonds is 4. The van der Waals surface area contributed by atoms with Gasteiger partial charge in [-0.3, -0.25) is 4.79 Å². The Morgan fingerprint density at radius 3 is 2.82 bits per heavy atom. The lowest BCUT2D eigenvalue weighted by Gasteiger charge is -2.21. The molecule has 1 amide bonds. The van der Waals surface area contributed by atoms with Crippen molar-refractivity contribution in [3.63, 3.8) is 0 Å². The molecule has 1 aromatic carbocycles. The molecular formula is C14H20N2O. The minimum absolute atomic E-state index is 0.228. The predicted molar refractivity (Wildman–Crippen MR) is 68.6 cm³/mol. The molecule has 92 valence electrons. The van der Waals surface area contributed by atoms with Gasteiger partial charge in [0.25, 0.3) is 0 Å². The van der Waals surface area contributed by atoms with Crippen LogP contribution in [0.15, 0.2) is 30.3 Å². The fourth-order valence-corrected chi connectivity index (χ4v) is 2.31. The third-order valence-corrected chi connectivity index (χ3v) is 3.32. The van der Waals surface area contributed by atoms with Gasteiger partial charge in [-0.25, -0.2) is 0 Å². The molecule has 0 aliphatic carbocycles. The van der Waals surface area contributed by atoms with E-state index in [1.165, 1.54) is 5.56 Å². The van der Waals surface area contributed by atoms with Crippen LogP contribution < -0.4 is 5.32 Å². The van der Waals surface area contributed by atoms with Crippen molar-refractivity contribution in [2.45, 2.75) is 32.4 Å². The van der Waals surface area contributed by atoms with Crippen molar-refractivity contribution in [3.05, 3.63) is 35.9 Å². The number of benzene rings is 1. The monoisotopic (exact) mass is 232 g/mol. The van der Waals surface area contributed by atoms with Crippen LogP contribution in [0.3, 0.4) is 0 Å². The zero-order valence-electron chi connectivity index (χ0n) is 10.4. The van der Waals surface area contributed by atoms with Crippen molar-refractivity contribution in [2.75, 3.05) is 13.1 Å². The predicted octanol–water partition coefficient (Wildman–Crippen LogP) is 1.79. The summed E-state index contributed by atoms with van der Waals surface area (Å²) < 4.78 is 0. The Kier molecular flexibility index (Phi) is 4.15. The van der Waals surface area contributed by atoms with E-state index < -0.39 is 0 Å². The standard InChI is InChI=1S/C14H20N2O/c1-12-6-5-9-16(12)14(17)11-15-10-13-7-3-2-4-8-13/h2-4,7-8,12,15H,5-6,9-11H2,1H3/t12-/m1/s1. The second-order valence-corrected chi connectivity index (χ2v) is 4.67. The van der Waals surface area contributed by atoms with Gasteiger partial charge in [0.05, 0.1) is 6.54 Å². The number of amides is 1. The largest absolute Gasteiger partial charge is 0.339 e. The molecule has 1 N–H and O–H groups in total. The van der Waals surface area contributed by atoms with Gasteiger partial charge in [0, 0.05) is 19.1 Å². The summed E-state index contributed by atoms with van der Waals surface area (Å²) in [6.07, 6.45) is 2.29. The molecule has 0 saturated carbocycles. The summed E-state index contributed by atoms with van der Waals surface area (Å²) in [5, 5.41) is 3.21. The van der Waals surface area contributed by atoms with Gasteiger partial charge in [0.1, 0.15) is 0 Å². The van der Waals surface area contributed by atoms with Crippen LogP contribution in [0.2, 0.25) is 0 Å². The number of carbonyl (C=O) groups excluding carboxylic acids is 1. The van der Waals surface area contributed by atoms with Crippen molar-refractivity contribution in [2.24, 2.45) is 0 Å². The van der Waals surface area contributed by atoms with Gasteiger partial charge < -0.3 is 10.2 Å². The molecule has 1 saturated heterocycles. The molecule has 1 aromatic rings. The molecule has 3 nitrogen and oxygen atoms in total. The highest BCUT2D eigenvalue weighted by atomic mass is 16.2. The summed E-state index contributed by atoms with van der Waals surface area (Å²) in [6, 6.07) is 10.6. The Morgan fingerprint density at radius 1 is 1.41 bits per heavy atom. The molecule has 1 heterocycles. The second kappa shape index (κ2) is 5.82. The van der Waals surface area contributed by atoms with E-state index in [2.05, 4.69) is 24.4 Å². The fraction of sp³-hybridized carbons (Fsp3) is 0.500. The topological polar surface area (TPSA) is 32.3 Å². The van der Waals surface area contributed by atoms with Gasteiger partial charge in [0.15, 0.2) is 0 Å². The van der Waals surface area contributed by atoms with Gasteiger partial charge in [-0.15, -0.1) is 0 Å². The number of likely N-dealkylation sites (tertiary alicyclic amines) is 1. The zero-order valence-corrected chi connectivity index (χ0v) is 10.4. The summed E-state index contributed by atoms with van der Waals surface area (Å²) in [5.74, 6) is 0.228. The van der Waals surface area contributed by atoms with E-state index in [0.29, 0.717) is 12.6 Å². The number of nitrogens with one attached hydrogen (secondary N) is 1. The number of carbonyl (C=O) groups is 1. The quantitative estimate of drug-likeness (QED) is 0.858. The first-order chi connectivity index (χ1) is 8.27. The molecule has 0 radical (unpaired) electrons. The lowest BCUT2D eigenvalue weighted by molar-refractivity contribution is -0.130. The smallest absolute Gasteiger partial charge is 0.236 e. The van der Waals surface area contributed by atoms with E-state index in [1.807, 2.05) is 23.1 Å². The lowest BCUT2D eigenvalue weighted by atomic mass is 10.2. The lowest BCUT2D eigenvalue weighted by Crippen LogP contribution is -2.39. The Morgan fingerprint density at radius 2 is 2.18 bits per heavy atom. The van der Waals surface area contributed by atoms with Crippen LogP contribution in [0.1, 0.15) is 25.3 Å². The molecule has 17 heavy (non-hydrogen) atoms. The third-order valence-electron chi connectivity index (χ3n) is 3.32. The summed E-state index contributed by atoms with van der Waals surface area (Å²) in [7, 11) is 0. The molecule has 2 rings (SSSR count). The molecule has 3 heteroatoms. The van der Waals surface area contributed by atoms with Gasteiger partial charge >= 0.3 is 0 Å². The molecule has 1 aliphatic rings.